The van der Waals surface area contributed by atoms with Gasteiger partial charge < -0.3 is 0 Å². The Balaban J connectivity index is 1.82. The Hall–Kier alpha value is -1.70. The van der Waals surface area contributed by atoms with Gasteiger partial charge in [0.05, 0.1) is 5.52 Å². The topological polar surface area (TPSA) is 30.0 Å². The van der Waals surface area contributed by atoms with Crippen LogP contribution in [0.1, 0.15) is 44.6 Å². The summed E-state index contributed by atoms with van der Waals surface area (Å²) in [5, 5.41) is 1.20. The summed E-state index contributed by atoms with van der Waals surface area (Å²) in [4.78, 5) is 16.7. The number of carbonyl (C=O) groups excluding carboxylic acids is 1. The largest absolute Gasteiger partial charge is 0.299 e. The van der Waals surface area contributed by atoms with Crippen molar-refractivity contribution in [2.45, 2.75) is 45.4 Å². The van der Waals surface area contributed by atoms with Gasteiger partial charge in [-0.25, -0.2) is 0 Å². The Bertz CT molecular complexity index is 629. The number of benzene rings is 1. The van der Waals surface area contributed by atoms with Crippen molar-refractivity contribution in [3.63, 3.8) is 0 Å². The summed E-state index contributed by atoms with van der Waals surface area (Å²) in [6.07, 6.45) is 8.18. The third-order valence-electron chi connectivity index (χ3n) is 4.77. The second-order valence-corrected chi connectivity index (χ2v) is 6.28. The number of pyridine rings is 1. The molecule has 2 nitrogen and oxygen atoms in total. The van der Waals surface area contributed by atoms with Gasteiger partial charge in [0.15, 0.2) is 0 Å². The standard InChI is InChI=1S/C19H23NO/c1-2-5-14-8-9-19(21)16(12-14)13-15-10-11-20-18-7-4-3-6-17(15)18/h3-4,6-7,10-11,14,16H,2,5,8-9,12-13H2,1H3. The van der Waals surface area contributed by atoms with E-state index in [2.05, 4.69) is 30.1 Å². The van der Waals surface area contributed by atoms with Gasteiger partial charge in [-0.05, 0) is 42.9 Å². The molecular formula is C19H23NO. The van der Waals surface area contributed by atoms with E-state index < -0.39 is 0 Å². The number of hydrogen-bond donors (Lipinski definition) is 0. The molecule has 0 bridgehead atoms. The fraction of sp³-hybridized carbons (Fsp3) is 0.474. The average Bonchev–Trinajstić information content (AvgIpc) is 2.51. The summed E-state index contributed by atoms with van der Waals surface area (Å²) in [5.41, 5.74) is 2.31. The third-order valence-corrected chi connectivity index (χ3v) is 4.77. The molecule has 0 amide bonds. The molecular weight excluding hydrogens is 258 g/mol. The summed E-state index contributed by atoms with van der Waals surface area (Å²) in [6.45, 7) is 2.24. The smallest absolute Gasteiger partial charge is 0.136 e. The second kappa shape index (κ2) is 6.38. The van der Waals surface area contributed by atoms with Crippen LogP contribution in [-0.4, -0.2) is 10.8 Å². The van der Waals surface area contributed by atoms with Gasteiger partial charge in [0.2, 0.25) is 0 Å². The van der Waals surface area contributed by atoms with Crippen molar-refractivity contribution in [1.82, 2.24) is 4.98 Å². The maximum Gasteiger partial charge on any atom is 0.136 e. The van der Waals surface area contributed by atoms with Crippen LogP contribution in [0.3, 0.4) is 0 Å². The van der Waals surface area contributed by atoms with E-state index in [1.54, 1.807) is 0 Å². The molecule has 0 saturated heterocycles. The first-order valence-electron chi connectivity index (χ1n) is 8.13. The molecule has 2 atom stereocenters. The van der Waals surface area contributed by atoms with Crippen LogP contribution in [-0.2, 0) is 11.2 Å². The zero-order valence-corrected chi connectivity index (χ0v) is 12.7. The molecule has 2 aromatic rings. The van der Waals surface area contributed by atoms with Crippen molar-refractivity contribution in [3.05, 3.63) is 42.1 Å². The fourth-order valence-corrected chi connectivity index (χ4v) is 3.67. The second-order valence-electron chi connectivity index (χ2n) is 6.28. The highest BCUT2D eigenvalue weighted by molar-refractivity contribution is 5.85. The Morgan fingerprint density at radius 3 is 2.95 bits per heavy atom. The molecule has 21 heavy (non-hydrogen) atoms. The van der Waals surface area contributed by atoms with E-state index in [1.807, 2.05) is 18.3 Å². The Kier molecular flexibility index (Phi) is 4.33. The first-order valence-corrected chi connectivity index (χ1v) is 8.13. The van der Waals surface area contributed by atoms with Gasteiger partial charge in [0.25, 0.3) is 0 Å². The molecule has 0 spiro atoms. The van der Waals surface area contributed by atoms with E-state index >= 15 is 0 Å². The minimum atomic E-state index is 0.209. The van der Waals surface area contributed by atoms with Gasteiger partial charge in [-0.15, -0.1) is 0 Å². The molecule has 2 heteroatoms. The van der Waals surface area contributed by atoms with Crippen molar-refractivity contribution in [3.8, 4) is 0 Å². The Morgan fingerprint density at radius 2 is 2.10 bits per heavy atom. The monoisotopic (exact) mass is 281 g/mol. The minimum Gasteiger partial charge on any atom is -0.299 e. The Morgan fingerprint density at radius 1 is 1.24 bits per heavy atom. The number of para-hydroxylation sites is 1. The van der Waals surface area contributed by atoms with Gasteiger partial charge in [0, 0.05) is 23.9 Å². The van der Waals surface area contributed by atoms with Gasteiger partial charge >= 0.3 is 0 Å². The van der Waals surface area contributed by atoms with Crippen molar-refractivity contribution >= 4 is 16.7 Å². The van der Waals surface area contributed by atoms with E-state index in [9.17, 15) is 4.79 Å². The first kappa shape index (κ1) is 14.2. The molecule has 2 unspecified atom stereocenters. The van der Waals surface area contributed by atoms with Crippen LogP contribution in [0.25, 0.3) is 10.9 Å². The number of aromatic nitrogens is 1. The molecule has 1 saturated carbocycles. The molecule has 0 radical (unpaired) electrons. The van der Waals surface area contributed by atoms with Gasteiger partial charge in [-0.2, -0.15) is 0 Å². The molecule has 1 aliphatic rings. The van der Waals surface area contributed by atoms with Crippen LogP contribution in [0.5, 0.6) is 0 Å². The maximum atomic E-state index is 12.3. The summed E-state index contributed by atoms with van der Waals surface area (Å²) >= 11 is 0. The summed E-state index contributed by atoms with van der Waals surface area (Å²) in [6, 6.07) is 10.3. The van der Waals surface area contributed by atoms with Crippen LogP contribution in [0, 0.1) is 11.8 Å². The van der Waals surface area contributed by atoms with Crippen molar-refractivity contribution in [2.75, 3.05) is 0 Å². The van der Waals surface area contributed by atoms with Crippen molar-refractivity contribution in [2.24, 2.45) is 11.8 Å². The van der Waals surface area contributed by atoms with E-state index in [0.29, 0.717) is 5.78 Å². The molecule has 0 aliphatic heterocycles. The minimum absolute atomic E-state index is 0.209. The molecule has 1 aromatic carbocycles. The highest BCUT2D eigenvalue weighted by Gasteiger charge is 2.28. The first-order chi connectivity index (χ1) is 10.3. The lowest BCUT2D eigenvalue weighted by molar-refractivity contribution is -0.125. The third kappa shape index (κ3) is 3.15. The summed E-state index contributed by atoms with van der Waals surface area (Å²) < 4.78 is 0. The highest BCUT2D eigenvalue weighted by Crippen LogP contribution is 2.32. The lowest BCUT2D eigenvalue weighted by Crippen LogP contribution is -2.26. The number of fused-ring (bicyclic) bond motifs is 1. The summed E-state index contributed by atoms with van der Waals surface area (Å²) in [5.74, 6) is 1.41. The predicted octanol–water partition coefficient (Wildman–Crippen LogP) is 4.56. The number of Topliss-reactive ketones (excluding diaryl/α,β-unsaturated/α-hetero) is 1. The summed E-state index contributed by atoms with van der Waals surface area (Å²) in [7, 11) is 0. The number of hydrogen-bond acceptors (Lipinski definition) is 2. The van der Waals surface area contributed by atoms with Crippen LogP contribution in [0.15, 0.2) is 36.5 Å². The number of nitrogens with zero attached hydrogens (tertiary/aromatic N) is 1. The van der Waals surface area contributed by atoms with Crippen LogP contribution in [0.4, 0.5) is 0 Å². The van der Waals surface area contributed by atoms with Gasteiger partial charge in [-0.1, -0.05) is 38.0 Å². The molecule has 1 aromatic heterocycles. The molecule has 3 rings (SSSR count). The van der Waals surface area contributed by atoms with Gasteiger partial charge in [-0.3, -0.25) is 9.78 Å². The maximum absolute atomic E-state index is 12.3. The molecule has 1 aliphatic carbocycles. The van der Waals surface area contributed by atoms with Crippen LogP contribution in [0.2, 0.25) is 0 Å². The average molecular weight is 281 g/mol. The number of carbonyl (C=O) groups is 1. The van der Waals surface area contributed by atoms with Crippen molar-refractivity contribution < 1.29 is 4.79 Å². The van der Waals surface area contributed by atoms with Crippen LogP contribution < -0.4 is 0 Å². The molecule has 110 valence electrons. The zero-order chi connectivity index (χ0) is 14.7. The quantitative estimate of drug-likeness (QED) is 0.822. The Labute approximate surface area is 126 Å². The van der Waals surface area contributed by atoms with Gasteiger partial charge in [0.1, 0.15) is 5.78 Å². The van der Waals surface area contributed by atoms with E-state index in [-0.39, 0.29) is 5.92 Å². The lowest BCUT2D eigenvalue weighted by atomic mass is 9.76. The number of rotatable bonds is 4. The van der Waals surface area contributed by atoms with Crippen LogP contribution >= 0.6 is 0 Å². The molecule has 1 heterocycles. The van der Waals surface area contributed by atoms with Crippen molar-refractivity contribution in [1.29, 1.82) is 0 Å². The fourth-order valence-electron chi connectivity index (χ4n) is 3.67. The van der Waals surface area contributed by atoms with E-state index in [1.165, 1.54) is 23.8 Å². The lowest BCUT2D eigenvalue weighted by Gasteiger charge is -2.28. The predicted molar refractivity (Wildman–Crippen MR) is 86.2 cm³/mol. The highest BCUT2D eigenvalue weighted by atomic mass is 16.1. The molecule has 0 N–H and O–H groups in total. The zero-order valence-electron chi connectivity index (χ0n) is 12.7. The SMILES string of the molecule is CCCC1CCC(=O)C(Cc2ccnc3ccccc23)C1. The number of ketones is 1. The normalized spacial score (nSPS) is 22.6. The van der Waals surface area contributed by atoms with E-state index in [4.69, 9.17) is 0 Å². The van der Waals surface area contributed by atoms with E-state index in [0.717, 1.165) is 37.1 Å². The molecule has 1 fully saturated rings.